The van der Waals surface area contributed by atoms with E-state index in [1.807, 2.05) is 0 Å². The number of carbonyl (C=O) groups is 1. The zero-order chi connectivity index (χ0) is 19.2. The molecule has 0 heterocycles. The van der Waals surface area contributed by atoms with Crippen molar-refractivity contribution in [1.82, 2.24) is 5.32 Å². The quantitative estimate of drug-likeness (QED) is 0.671. The first-order valence-electron chi connectivity index (χ1n) is 7.99. The van der Waals surface area contributed by atoms with Crippen LogP contribution >= 0.6 is 11.6 Å². The highest BCUT2D eigenvalue weighted by molar-refractivity contribution is 7.92. The lowest BCUT2D eigenvalue weighted by Gasteiger charge is -2.12. The van der Waals surface area contributed by atoms with Gasteiger partial charge in [0, 0.05) is 30.8 Å². The fourth-order valence-electron chi connectivity index (χ4n) is 2.23. The van der Waals surface area contributed by atoms with Crippen LogP contribution in [0.25, 0.3) is 0 Å². The molecule has 0 atom stereocenters. The van der Waals surface area contributed by atoms with Crippen molar-refractivity contribution in [3.63, 3.8) is 0 Å². The fourth-order valence-corrected chi connectivity index (χ4v) is 3.57. The molecule has 0 spiro atoms. The number of ether oxygens (including phenoxy) is 1. The van der Waals surface area contributed by atoms with Crippen LogP contribution < -0.4 is 10.0 Å². The second-order valence-corrected chi connectivity index (χ2v) is 7.81. The van der Waals surface area contributed by atoms with Crippen molar-refractivity contribution in [2.24, 2.45) is 0 Å². The molecule has 140 valence electrons. The average molecular weight is 397 g/mol. The van der Waals surface area contributed by atoms with Crippen LogP contribution in [0.5, 0.6) is 0 Å². The summed E-state index contributed by atoms with van der Waals surface area (Å²) < 4.78 is 32.7. The summed E-state index contributed by atoms with van der Waals surface area (Å²) in [6.07, 6.45) is 0.676. The minimum Gasteiger partial charge on any atom is -0.385 e. The summed E-state index contributed by atoms with van der Waals surface area (Å²) in [5, 5.41) is 3.16. The topological polar surface area (TPSA) is 84.5 Å². The lowest BCUT2D eigenvalue weighted by atomic mass is 10.2. The van der Waals surface area contributed by atoms with Gasteiger partial charge in [-0.3, -0.25) is 9.52 Å². The third-order valence-electron chi connectivity index (χ3n) is 3.66. The van der Waals surface area contributed by atoms with Gasteiger partial charge in [-0.05, 0) is 49.2 Å². The standard InChI is InChI=1S/C18H21ClN2O4S/c1-13-7-8-15(19)12-17(13)21-26(23,24)16-6-3-5-14(11-16)18(22)20-9-4-10-25-2/h3,5-8,11-12,21H,4,9-10H2,1-2H3,(H,20,22). The van der Waals surface area contributed by atoms with E-state index < -0.39 is 10.0 Å². The van der Waals surface area contributed by atoms with Crippen molar-refractivity contribution < 1.29 is 17.9 Å². The Morgan fingerprint density at radius 3 is 2.69 bits per heavy atom. The SMILES string of the molecule is COCCCNC(=O)c1cccc(S(=O)(=O)Nc2cc(Cl)ccc2C)c1. The molecule has 0 aliphatic rings. The summed E-state index contributed by atoms with van der Waals surface area (Å²) in [6, 6.07) is 10.8. The minimum absolute atomic E-state index is 0.00131. The van der Waals surface area contributed by atoms with Gasteiger partial charge in [-0.25, -0.2) is 8.42 Å². The van der Waals surface area contributed by atoms with E-state index in [2.05, 4.69) is 10.0 Å². The van der Waals surface area contributed by atoms with E-state index in [-0.39, 0.29) is 16.4 Å². The molecule has 0 bridgehead atoms. The Labute approximate surface area is 158 Å². The smallest absolute Gasteiger partial charge is 0.261 e. The molecule has 6 nitrogen and oxygen atoms in total. The minimum atomic E-state index is -3.85. The molecule has 0 saturated heterocycles. The highest BCUT2D eigenvalue weighted by atomic mass is 35.5. The predicted molar refractivity (Wildman–Crippen MR) is 102 cm³/mol. The van der Waals surface area contributed by atoms with E-state index in [4.69, 9.17) is 16.3 Å². The largest absolute Gasteiger partial charge is 0.385 e. The van der Waals surface area contributed by atoms with Crippen molar-refractivity contribution >= 4 is 33.2 Å². The van der Waals surface area contributed by atoms with Crippen molar-refractivity contribution in [3.05, 3.63) is 58.6 Å². The normalized spacial score (nSPS) is 11.2. The molecule has 0 aromatic heterocycles. The van der Waals surface area contributed by atoms with Crippen molar-refractivity contribution in [1.29, 1.82) is 0 Å². The summed E-state index contributed by atoms with van der Waals surface area (Å²) in [6.45, 7) is 2.76. The Hall–Kier alpha value is -2.09. The van der Waals surface area contributed by atoms with E-state index in [9.17, 15) is 13.2 Å². The zero-order valence-corrected chi connectivity index (χ0v) is 16.2. The van der Waals surface area contributed by atoms with Gasteiger partial charge in [-0.15, -0.1) is 0 Å². The number of halogens is 1. The maximum Gasteiger partial charge on any atom is 0.261 e. The maximum atomic E-state index is 12.6. The number of carbonyl (C=O) groups excluding carboxylic acids is 1. The number of amides is 1. The highest BCUT2D eigenvalue weighted by Gasteiger charge is 2.17. The van der Waals surface area contributed by atoms with Gasteiger partial charge in [0.15, 0.2) is 0 Å². The molecule has 2 aromatic carbocycles. The van der Waals surface area contributed by atoms with E-state index in [0.29, 0.717) is 30.3 Å². The number of rotatable bonds is 8. The van der Waals surface area contributed by atoms with Gasteiger partial charge in [0.05, 0.1) is 10.6 Å². The molecule has 26 heavy (non-hydrogen) atoms. The number of sulfonamides is 1. The van der Waals surface area contributed by atoms with Crippen LogP contribution in [0.2, 0.25) is 5.02 Å². The van der Waals surface area contributed by atoms with Crippen LogP contribution in [0.1, 0.15) is 22.3 Å². The number of hydrogen-bond donors (Lipinski definition) is 2. The molecule has 0 aliphatic carbocycles. The molecule has 0 unspecified atom stereocenters. The lowest BCUT2D eigenvalue weighted by Crippen LogP contribution is -2.25. The second-order valence-electron chi connectivity index (χ2n) is 5.69. The Morgan fingerprint density at radius 2 is 1.96 bits per heavy atom. The number of aryl methyl sites for hydroxylation is 1. The van der Waals surface area contributed by atoms with E-state index >= 15 is 0 Å². The Kier molecular flexibility index (Phi) is 7.02. The number of anilines is 1. The highest BCUT2D eigenvalue weighted by Crippen LogP contribution is 2.23. The molecule has 2 aromatic rings. The molecule has 1 amide bonds. The van der Waals surface area contributed by atoms with Gasteiger partial charge < -0.3 is 10.1 Å². The fraction of sp³-hybridized carbons (Fsp3) is 0.278. The molecule has 0 saturated carbocycles. The number of methoxy groups -OCH3 is 1. The third kappa shape index (κ3) is 5.45. The first-order valence-corrected chi connectivity index (χ1v) is 9.86. The van der Waals surface area contributed by atoms with Crippen molar-refractivity contribution in [2.75, 3.05) is 25.0 Å². The van der Waals surface area contributed by atoms with Gasteiger partial charge in [0.1, 0.15) is 0 Å². The predicted octanol–water partition coefficient (Wildman–Crippen LogP) is 3.22. The van der Waals surface area contributed by atoms with Crippen molar-refractivity contribution in [3.8, 4) is 0 Å². The number of nitrogens with one attached hydrogen (secondary N) is 2. The second kappa shape index (κ2) is 9.02. The van der Waals surface area contributed by atoms with Crippen LogP contribution in [-0.2, 0) is 14.8 Å². The summed E-state index contributed by atoms with van der Waals surface area (Å²) in [5.74, 6) is -0.336. The van der Waals surface area contributed by atoms with E-state index in [1.165, 1.54) is 18.2 Å². The summed E-state index contributed by atoms with van der Waals surface area (Å²) in [5.41, 5.74) is 1.41. The molecular weight excluding hydrogens is 376 g/mol. The molecule has 0 aliphatic heterocycles. The lowest BCUT2D eigenvalue weighted by molar-refractivity contribution is 0.0948. The maximum absolute atomic E-state index is 12.6. The first-order chi connectivity index (χ1) is 12.3. The molecule has 2 N–H and O–H groups in total. The molecule has 2 rings (SSSR count). The average Bonchev–Trinajstić information content (AvgIpc) is 2.61. The van der Waals surface area contributed by atoms with Crippen LogP contribution in [0, 0.1) is 6.92 Å². The Morgan fingerprint density at radius 1 is 1.19 bits per heavy atom. The summed E-state index contributed by atoms with van der Waals surface area (Å²) >= 11 is 5.93. The summed E-state index contributed by atoms with van der Waals surface area (Å²) in [7, 11) is -2.26. The molecule has 0 fully saturated rings. The van der Waals surface area contributed by atoms with E-state index in [1.54, 1.807) is 38.3 Å². The van der Waals surface area contributed by atoms with Gasteiger partial charge in [-0.1, -0.05) is 23.7 Å². The Balaban J connectivity index is 2.17. The van der Waals surface area contributed by atoms with Crippen LogP contribution in [0.15, 0.2) is 47.4 Å². The van der Waals surface area contributed by atoms with Gasteiger partial charge in [0.25, 0.3) is 15.9 Å². The van der Waals surface area contributed by atoms with Crippen LogP contribution in [-0.4, -0.2) is 34.6 Å². The van der Waals surface area contributed by atoms with Gasteiger partial charge in [-0.2, -0.15) is 0 Å². The molecular formula is C18H21ClN2O4S. The number of benzene rings is 2. The van der Waals surface area contributed by atoms with Crippen molar-refractivity contribution in [2.45, 2.75) is 18.2 Å². The summed E-state index contributed by atoms with van der Waals surface area (Å²) in [4.78, 5) is 12.2. The Bertz CT molecular complexity index is 885. The monoisotopic (exact) mass is 396 g/mol. The number of hydrogen-bond acceptors (Lipinski definition) is 4. The third-order valence-corrected chi connectivity index (χ3v) is 5.26. The van der Waals surface area contributed by atoms with Crippen LogP contribution in [0.3, 0.4) is 0 Å². The molecule has 0 radical (unpaired) electrons. The van der Waals surface area contributed by atoms with Gasteiger partial charge in [0.2, 0.25) is 0 Å². The first kappa shape index (κ1) is 20.2. The van der Waals surface area contributed by atoms with E-state index in [0.717, 1.165) is 5.56 Å². The molecule has 8 heteroatoms. The van der Waals surface area contributed by atoms with Gasteiger partial charge >= 0.3 is 0 Å². The van der Waals surface area contributed by atoms with Crippen LogP contribution in [0.4, 0.5) is 5.69 Å². The zero-order valence-electron chi connectivity index (χ0n) is 14.6.